The molecule has 0 unspecified atom stereocenters. The van der Waals surface area contributed by atoms with Crippen LogP contribution in [-0.2, 0) is 14.4 Å². The maximum Gasteiger partial charge on any atom is 0.414 e. The first-order valence-electron chi connectivity index (χ1n) is 9.26. The van der Waals surface area contributed by atoms with E-state index in [1.165, 1.54) is 0 Å². The van der Waals surface area contributed by atoms with Crippen molar-refractivity contribution in [2.45, 2.75) is 12.8 Å². The van der Waals surface area contributed by atoms with E-state index in [1.807, 2.05) is 23.1 Å². The maximum atomic E-state index is 12.2. The Morgan fingerprint density at radius 3 is 2.04 bits per heavy atom. The standard InChI is InChI=1S/C17H25N3O2.C2H2O4/c1-22-16-7-3-2-6-15(16)19-12-10-18(11-13-19)14-17(21)20-8-4-5-9-20;3-1(4)2(5)6/h2-3,6-7H,4-5,8-14H2,1H3;(H,3,4)(H,5,6). The van der Waals surface area contributed by atoms with Gasteiger partial charge in [0.2, 0.25) is 5.91 Å². The number of ether oxygens (including phenoxy) is 1. The minimum atomic E-state index is -1.82. The fourth-order valence-electron chi connectivity index (χ4n) is 3.30. The third-order valence-electron chi connectivity index (χ3n) is 4.80. The number of benzene rings is 1. The molecule has 2 N–H and O–H groups in total. The number of likely N-dealkylation sites (tertiary alicyclic amines) is 1. The Hall–Kier alpha value is -2.81. The lowest BCUT2D eigenvalue weighted by Crippen LogP contribution is -2.49. The van der Waals surface area contributed by atoms with Crippen molar-refractivity contribution in [2.24, 2.45) is 0 Å². The molecule has 154 valence electrons. The number of para-hydroxylation sites is 2. The molecular formula is C19H27N3O6. The summed E-state index contributed by atoms with van der Waals surface area (Å²) in [6.07, 6.45) is 2.32. The molecule has 0 aliphatic carbocycles. The molecule has 0 bridgehead atoms. The summed E-state index contributed by atoms with van der Waals surface area (Å²) in [7, 11) is 1.71. The van der Waals surface area contributed by atoms with Crippen LogP contribution in [0, 0.1) is 0 Å². The second-order valence-electron chi connectivity index (χ2n) is 6.63. The number of carboxylic acids is 2. The van der Waals surface area contributed by atoms with Gasteiger partial charge in [-0.3, -0.25) is 9.69 Å². The number of rotatable bonds is 4. The zero-order valence-corrected chi connectivity index (χ0v) is 16.0. The van der Waals surface area contributed by atoms with Gasteiger partial charge in [-0.05, 0) is 25.0 Å². The monoisotopic (exact) mass is 393 g/mol. The average molecular weight is 393 g/mol. The summed E-state index contributed by atoms with van der Waals surface area (Å²) in [6.45, 7) is 6.19. The van der Waals surface area contributed by atoms with Gasteiger partial charge in [0.15, 0.2) is 0 Å². The lowest BCUT2D eigenvalue weighted by Gasteiger charge is -2.36. The summed E-state index contributed by atoms with van der Waals surface area (Å²) in [5.74, 6) is -2.43. The molecule has 28 heavy (non-hydrogen) atoms. The predicted molar refractivity (Wildman–Crippen MR) is 103 cm³/mol. The smallest absolute Gasteiger partial charge is 0.414 e. The van der Waals surface area contributed by atoms with Crippen LogP contribution in [-0.4, -0.2) is 90.8 Å². The summed E-state index contributed by atoms with van der Waals surface area (Å²) in [5.41, 5.74) is 1.15. The minimum absolute atomic E-state index is 0.295. The molecule has 1 amide bonds. The Morgan fingerprint density at radius 1 is 0.929 bits per heavy atom. The minimum Gasteiger partial charge on any atom is -0.495 e. The van der Waals surface area contributed by atoms with E-state index >= 15 is 0 Å². The van der Waals surface area contributed by atoms with Crippen LogP contribution in [0.3, 0.4) is 0 Å². The van der Waals surface area contributed by atoms with Gasteiger partial charge < -0.3 is 24.7 Å². The Kier molecular flexibility index (Phi) is 8.06. The summed E-state index contributed by atoms with van der Waals surface area (Å²) in [6, 6.07) is 8.14. The van der Waals surface area contributed by atoms with E-state index in [4.69, 9.17) is 24.5 Å². The van der Waals surface area contributed by atoms with Crippen LogP contribution in [0.5, 0.6) is 5.75 Å². The van der Waals surface area contributed by atoms with E-state index in [0.29, 0.717) is 12.5 Å². The predicted octanol–water partition coefficient (Wildman–Crippen LogP) is 0.595. The molecule has 0 radical (unpaired) electrons. The van der Waals surface area contributed by atoms with Gasteiger partial charge in [-0.1, -0.05) is 12.1 Å². The lowest BCUT2D eigenvalue weighted by atomic mass is 10.2. The van der Waals surface area contributed by atoms with Crippen LogP contribution in [0.4, 0.5) is 5.69 Å². The second kappa shape index (κ2) is 10.5. The molecule has 2 fully saturated rings. The molecule has 9 heteroatoms. The Balaban J connectivity index is 0.000000409. The molecule has 2 saturated heterocycles. The molecule has 2 heterocycles. The first-order chi connectivity index (χ1) is 13.4. The number of aliphatic carboxylic acids is 2. The number of nitrogens with zero attached hydrogens (tertiary/aromatic N) is 3. The van der Waals surface area contributed by atoms with Gasteiger partial charge in [0, 0.05) is 39.3 Å². The molecule has 0 aromatic heterocycles. The van der Waals surface area contributed by atoms with E-state index in [2.05, 4.69) is 15.9 Å². The van der Waals surface area contributed by atoms with Crippen molar-refractivity contribution in [3.8, 4) is 5.75 Å². The summed E-state index contributed by atoms with van der Waals surface area (Å²) < 4.78 is 5.44. The Bertz CT molecular complexity index is 670. The van der Waals surface area contributed by atoms with E-state index < -0.39 is 11.9 Å². The van der Waals surface area contributed by atoms with Gasteiger partial charge in [-0.15, -0.1) is 0 Å². The van der Waals surface area contributed by atoms with E-state index in [1.54, 1.807) is 7.11 Å². The van der Waals surface area contributed by atoms with Crippen molar-refractivity contribution < 1.29 is 29.3 Å². The topological polar surface area (TPSA) is 111 Å². The molecule has 0 spiro atoms. The number of carbonyl (C=O) groups is 3. The summed E-state index contributed by atoms with van der Waals surface area (Å²) in [4.78, 5) is 37.0. The average Bonchev–Trinajstić information content (AvgIpc) is 3.24. The fourth-order valence-corrected chi connectivity index (χ4v) is 3.30. The molecule has 3 rings (SSSR count). The third-order valence-corrected chi connectivity index (χ3v) is 4.80. The van der Waals surface area contributed by atoms with Crippen LogP contribution < -0.4 is 9.64 Å². The van der Waals surface area contributed by atoms with Gasteiger partial charge in [-0.25, -0.2) is 9.59 Å². The first kappa shape index (κ1) is 21.5. The van der Waals surface area contributed by atoms with Crippen molar-refractivity contribution >= 4 is 23.5 Å². The van der Waals surface area contributed by atoms with E-state index in [-0.39, 0.29) is 0 Å². The lowest BCUT2D eigenvalue weighted by molar-refractivity contribution is -0.159. The van der Waals surface area contributed by atoms with Crippen LogP contribution >= 0.6 is 0 Å². The van der Waals surface area contributed by atoms with Crippen LogP contribution in [0.15, 0.2) is 24.3 Å². The van der Waals surface area contributed by atoms with Crippen molar-refractivity contribution in [3.05, 3.63) is 24.3 Å². The quantitative estimate of drug-likeness (QED) is 0.716. The Labute approximate surface area is 164 Å². The normalized spacial score (nSPS) is 16.9. The first-order valence-corrected chi connectivity index (χ1v) is 9.26. The van der Waals surface area contributed by atoms with E-state index in [9.17, 15) is 4.79 Å². The number of carbonyl (C=O) groups excluding carboxylic acids is 1. The highest BCUT2D eigenvalue weighted by molar-refractivity contribution is 6.27. The van der Waals surface area contributed by atoms with Crippen molar-refractivity contribution in [1.82, 2.24) is 9.80 Å². The zero-order valence-electron chi connectivity index (χ0n) is 16.0. The van der Waals surface area contributed by atoms with Crippen LogP contribution in [0.2, 0.25) is 0 Å². The van der Waals surface area contributed by atoms with Crippen molar-refractivity contribution in [1.29, 1.82) is 0 Å². The number of anilines is 1. The summed E-state index contributed by atoms with van der Waals surface area (Å²) in [5, 5.41) is 14.8. The van der Waals surface area contributed by atoms with Gasteiger partial charge >= 0.3 is 11.9 Å². The fraction of sp³-hybridized carbons (Fsp3) is 0.526. The number of hydrogen-bond acceptors (Lipinski definition) is 6. The van der Waals surface area contributed by atoms with Gasteiger partial charge in [0.1, 0.15) is 5.75 Å². The largest absolute Gasteiger partial charge is 0.495 e. The maximum absolute atomic E-state index is 12.2. The summed E-state index contributed by atoms with van der Waals surface area (Å²) >= 11 is 0. The van der Waals surface area contributed by atoms with Crippen molar-refractivity contribution in [2.75, 3.05) is 57.8 Å². The van der Waals surface area contributed by atoms with Gasteiger partial charge in [0.05, 0.1) is 19.3 Å². The number of methoxy groups -OCH3 is 1. The second-order valence-corrected chi connectivity index (χ2v) is 6.63. The molecular weight excluding hydrogens is 366 g/mol. The third kappa shape index (κ3) is 6.12. The van der Waals surface area contributed by atoms with Gasteiger partial charge in [-0.2, -0.15) is 0 Å². The molecule has 1 aromatic rings. The van der Waals surface area contributed by atoms with Crippen LogP contribution in [0.1, 0.15) is 12.8 Å². The molecule has 0 saturated carbocycles. The van der Waals surface area contributed by atoms with E-state index in [0.717, 1.165) is 63.5 Å². The number of carboxylic acid groups (broad SMARTS) is 2. The highest BCUT2D eigenvalue weighted by Gasteiger charge is 2.24. The van der Waals surface area contributed by atoms with Crippen molar-refractivity contribution in [3.63, 3.8) is 0 Å². The molecule has 1 aromatic carbocycles. The highest BCUT2D eigenvalue weighted by atomic mass is 16.5. The molecule has 0 atom stereocenters. The van der Waals surface area contributed by atoms with Crippen LogP contribution in [0.25, 0.3) is 0 Å². The number of amides is 1. The number of hydrogen-bond donors (Lipinski definition) is 2. The molecule has 2 aliphatic heterocycles. The zero-order chi connectivity index (χ0) is 20.5. The molecule has 2 aliphatic rings. The van der Waals surface area contributed by atoms with Gasteiger partial charge in [0.25, 0.3) is 0 Å². The highest BCUT2D eigenvalue weighted by Crippen LogP contribution is 2.28. The Morgan fingerprint density at radius 2 is 1.50 bits per heavy atom. The SMILES string of the molecule is COc1ccccc1N1CCN(CC(=O)N2CCCC2)CC1.O=C(O)C(=O)O. The number of piperazine rings is 1. The molecule has 9 nitrogen and oxygen atoms in total.